The molecule has 0 bridgehead atoms. The summed E-state index contributed by atoms with van der Waals surface area (Å²) in [6, 6.07) is 13.9. The molecule has 0 spiro atoms. The van der Waals surface area contributed by atoms with E-state index >= 15 is 0 Å². The zero-order valence-electron chi connectivity index (χ0n) is 13.9. The third kappa shape index (κ3) is 4.57. The van der Waals surface area contributed by atoms with Crippen molar-refractivity contribution in [3.05, 3.63) is 54.1 Å². The molecule has 2 rings (SSSR count). The minimum atomic E-state index is -0.637. The predicted octanol–water partition coefficient (Wildman–Crippen LogP) is 2.09. The number of ether oxygens (including phenoxy) is 1. The number of amidine groups is 1. The number of nitrogens with one attached hydrogen (secondary N) is 1. The summed E-state index contributed by atoms with van der Waals surface area (Å²) in [6.07, 6.45) is 0.0632. The van der Waals surface area contributed by atoms with E-state index in [0.717, 1.165) is 11.1 Å². The van der Waals surface area contributed by atoms with Crippen LogP contribution in [0, 0.1) is 5.41 Å². The molecular formula is C18H20N4O3. The number of nitrogens with two attached hydrogens (primary N) is 2. The second-order valence-electron chi connectivity index (χ2n) is 5.35. The molecule has 7 nitrogen and oxygen atoms in total. The highest BCUT2D eigenvalue weighted by atomic mass is 16.5. The number of hydrogen-bond donors (Lipinski definition) is 3. The third-order valence-corrected chi connectivity index (χ3v) is 3.74. The second kappa shape index (κ2) is 7.96. The van der Waals surface area contributed by atoms with Crippen molar-refractivity contribution >= 4 is 23.5 Å². The number of benzene rings is 2. The molecule has 0 aromatic heterocycles. The molecule has 2 amide bonds. The van der Waals surface area contributed by atoms with Crippen LogP contribution in [-0.4, -0.2) is 31.5 Å². The van der Waals surface area contributed by atoms with Gasteiger partial charge in [-0.15, -0.1) is 0 Å². The van der Waals surface area contributed by atoms with E-state index in [-0.39, 0.29) is 18.8 Å². The van der Waals surface area contributed by atoms with Crippen molar-refractivity contribution in [2.75, 3.05) is 18.6 Å². The number of urea groups is 1. The van der Waals surface area contributed by atoms with E-state index in [4.69, 9.17) is 16.9 Å². The molecule has 5 N–H and O–H groups in total. The van der Waals surface area contributed by atoms with Crippen LogP contribution in [0.15, 0.2) is 48.5 Å². The van der Waals surface area contributed by atoms with E-state index in [9.17, 15) is 9.59 Å². The van der Waals surface area contributed by atoms with Crippen LogP contribution < -0.4 is 16.4 Å². The highest BCUT2D eigenvalue weighted by Crippen LogP contribution is 2.24. The monoisotopic (exact) mass is 340 g/mol. The van der Waals surface area contributed by atoms with Crippen molar-refractivity contribution in [1.82, 2.24) is 0 Å². The van der Waals surface area contributed by atoms with E-state index in [1.54, 1.807) is 24.3 Å². The zero-order valence-corrected chi connectivity index (χ0v) is 13.9. The smallest absolute Gasteiger partial charge is 0.319 e. The molecule has 25 heavy (non-hydrogen) atoms. The van der Waals surface area contributed by atoms with Crippen molar-refractivity contribution in [1.29, 1.82) is 5.41 Å². The molecule has 0 aliphatic rings. The van der Waals surface area contributed by atoms with Gasteiger partial charge >= 0.3 is 12.0 Å². The molecule has 130 valence electrons. The highest BCUT2D eigenvalue weighted by molar-refractivity contribution is 5.95. The molecule has 0 aliphatic heterocycles. The van der Waals surface area contributed by atoms with Gasteiger partial charge < -0.3 is 16.2 Å². The number of carbonyl (C=O) groups excluding carboxylic acids is 2. The van der Waals surface area contributed by atoms with Crippen LogP contribution in [-0.2, 0) is 9.53 Å². The molecule has 0 saturated carbocycles. The average Bonchev–Trinajstić information content (AvgIpc) is 2.62. The fraction of sp³-hybridized carbons (Fsp3) is 0.167. The number of methoxy groups -OCH3 is 1. The lowest BCUT2D eigenvalue weighted by atomic mass is 10.0. The molecule has 0 heterocycles. The topological polar surface area (TPSA) is 122 Å². The highest BCUT2D eigenvalue weighted by Gasteiger charge is 2.14. The minimum Gasteiger partial charge on any atom is -0.469 e. The predicted molar refractivity (Wildman–Crippen MR) is 96.5 cm³/mol. The van der Waals surface area contributed by atoms with E-state index in [1.807, 2.05) is 24.3 Å². The number of anilines is 1. The summed E-state index contributed by atoms with van der Waals surface area (Å²) in [5.74, 6) is -0.391. The number of amides is 2. The van der Waals surface area contributed by atoms with Gasteiger partial charge in [-0.05, 0) is 23.3 Å². The summed E-state index contributed by atoms with van der Waals surface area (Å²) in [5, 5.41) is 7.41. The maximum absolute atomic E-state index is 11.6. The van der Waals surface area contributed by atoms with Crippen molar-refractivity contribution in [3.8, 4) is 11.1 Å². The lowest BCUT2D eigenvalue weighted by Gasteiger charge is -2.20. The molecule has 0 radical (unpaired) electrons. The van der Waals surface area contributed by atoms with Crippen molar-refractivity contribution < 1.29 is 14.3 Å². The Morgan fingerprint density at radius 3 is 1.96 bits per heavy atom. The Balaban J connectivity index is 2.17. The van der Waals surface area contributed by atoms with E-state index < -0.39 is 12.0 Å². The van der Waals surface area contributed by atoms with Crippen molar-refractivity contribution in [2.24, 2.45) is 11.5 Å². The number of hydrogen-bond acceptors (Lipinski definition) is 4. The summed E-state index contributed by atoms with van der Waals surface area (Å²) in [7, 11) is 1.29. The first kappa shape index (κ1) is 18.0. The molecule has 0 fully saturated rings. The number of nitrogen functional groups attached to an aromatic ring is 1. The van der Waals surface area contributed by atoms with Crippen LogP contribution in [0.25, 0.3) is 11.1 Å². The van der Waals surface area contributed by atoms with Gasteiger partial charge in [0.15, 0.2) is 0 Å². The number of rotatable bonds is 6. The third-order valence-electron chi connectivity index (χ3n) is 3.74. The molecule has 7 heteroatoms. The Morgan fingerprint density at radius 2 is 1.52 bits per heavy atom. The van der Waals surface area contributed by atoms with Crippen LogP contribution in [0.4, 0.5) is 10.5 Å². The zero-order chi connectivity index (χ0) is 18.4. The Labute approximate surface area is 145 Å². The number of carbonyl (C=O) groups is 2. The second-order valence-corrected chi connectivity index (χ2v) is 5.35. The van der Waals surface area contributed by atoms with Crippen LogP contribution in [0.3, 0.4) is 0 Å². The Morgan fingerprint density at radius 1 is 1.00 bits per heavy atom. The van der Waals surface area contributed by atoms with E-state index in [1.165, 1.54) is 12.0 Å². The van der Waals surface area contributed by atoms with Crippen molar-refractivity contribution in [2.45, 2.75) is 6.42 Å². The molecule has 0 aliphatic carbocycles. The molecule has 0 saturated heterocycles. The maximum Gasteiger partial charge on any atom is 0.319 e. The number of primary amides is 1. The Hall–Kier alpha value is -3.35. The van der Waals surface area contributed by atoms with Gasteiger partial charge in [-0.1, -0.05) is 36.4 Å². The molecular weight excluding hydrogens is 320 g/mol. The maximum atomic E-state index is 11.6. The quantitative estimate of drug-likeness (QED) is 0.423. The number of esters is 1. The largest absolute Gasteiger partial charge is 0.469 e. The van der Waals surface area contributed by atoms with E-state index in [0.29, 0.717) is 11.3 Å². The molecule has 0 unspecified atom stereocenters. The van der Waals surface area contributed by atoms with Crippen LogP contribution in [0.1, 0.15) is 12.0 Å². The van der Waals surface area contributed by atoms with Crippen LogP contribution >= 0.6 is 0 Å². The SMILES string of the molecule is COC(=O)CCN(C(N)=O)c1ccc(-c2ccc(C(=N)N)cc2)cc1. The van der Waals surface area contributed by atoms with Crippen molar-refractivity contribution in [3.63, 3.8) is 0 Å². The van der Waals surface area contributed by atoms with Gasteiger partial charge in [-0.25, -0.2) is 4.79 Å². The molecule has 0 atom stereocenters. The summed E-state index contributed by atoms with van der Waals surface area (Å²) in [6.45, 7) is 0.147. The minimum absolute atomic E-state index is 0.0182. The van der Waals surface area contributed by atoms with Gasteiger partial charge in [0.05, 0.1) is 13.5 Å². The van der Waals surface area contributed by atoms with Gasteiger partial charge in [0.25, 0.3) is 0 Å². The van der Waals surface area contributed by atoms with Gasteiger partial charge in [0.1, 0.15) is 5.84 Å². The summed E-state index contributed by atoms with van der Waals surface area (Å²) in [5.41, 5.74) is 14.0. The van der Waals surface area contributed by atoms with Gasteiger partial charge in [0.2, 0.25) is 0 Å². The number of nitrogens with zero attached hydrogens (tertiary/aromatic N) is 1. The Bertz CT molecular complexity index is 770. The van der Waals surface area contributed by atoms with Gasteiger partial charge in [0, 0.05) is 17.8 Å². The van der Waals surface area contributed by atoms with Crippen LogP contribution in [0.2, 0.25) is 0 Å². The fourth-order valence-electron chi connectivity index (χ4n) is 2.35. The lowest BCUT2D eigenvalue weighted by molar-refractivity contribution is -0.140. The summed E-state index contributed by atoms with van der Waals surface area (Å²) < 4.78 is 4.58. The van der Waals surface area contributed by atoms with E-state index in [2.05, 4.69) is 4.74 Å². The Kier molecular flexibility index (Phi) is 5.73. The fourth-order valence-corrected chi connectivity index (χ4v) is 2.35. The normalized spacial score (nSPS) is 10.1. The first-order valence-corrected chi connectivity index (χ1v) is 7.61. The summed E-state index contributed by atoms with van der Waals surface area (Å²) in [4.78, 5) is 24.2. The van der Waals surface area contributed by atoms with Gasteiger partial charge in [-0.3, -0.25) is 15.1 Å². The lowest BCUT2D eigenvalue weighted by Crippen LogP contribution is -2.37. The first-order chi connectivity index (χ1) is 11.9. The van der Waals surface area contributed by atoms with Crippen LogP contribution in [0.5, 0.6) is 0 Å². The summed E-state index contributed by atoms with van der Waals surface area (Å²) >= 11 is 0. The average molecular weight is 340 g/mol. The first-order valence-electron chi connectivity index (χ1n) is 7.61. The molecule has 2 aromatic rings. The standard InChI is InChI=1S/C18H20N4O3/c1-25-16(23)10-11-22(18(21)24)15-8-6-13(7-9-15)12-2-4-14(5-3-12)17(19)20/h2-9H,10-11H2,1H3,(H3,19,20)(H2,21,24). The van der Waals surface area contributed by atoms with Gasteiger partial charge in [-0.2, -0.15) is 0 Å². The molecule has 2 aromatic carbocycles.